The van der Waals surface area contributed by atoms with Crippen LogP contribution in [0.4, 0.5) is 4.39 Å². The maximum Gasteiger partial charge on any atom is 0.123 e. The number of rotatable bonds is 4. The van der Waals surface area contributed by atoms with Crippen LogP contribution in [0.25, 0.3) is 0 Å². The second-order valence-electron chi connectivity index (χ2n) is 6.75. The number of nitrogens with one attached hydrogen (secondary N) is 1. The van der Waals surface area contributed by atoms with Crippen molar-refractivity contribution in [2.24, 2.45) is 5.92 Å². The Morgan fingerprint density at radius 2 is 1.60 bits per heavy atom. The van der Waals surface area contributed by atoms with Gasteiger partial charge in [0.2, 0.25) is 0 Å². The van der Waals surface area contributed by atoms with Gasteiger partial charge in [-0.1, -0.05) is 51.7 Å². The van der Waals surface area contributed by atoms with E-state index in [9.17, 15) is 4.39 Å². The second kappa shape index (κ2) is 6.71. The molecular formula is C18H28FN. The van der Waals surface area contributed by atoms with Crippen LogP contribution in [0.2, 0.25) is 0 Å². The number of likely N-dealkylation sites (N-methyl/N-ethyl adjacent to an activating group) is 1. The molecule has 1 nitrogen and oxygen atoms in total. The zero-order valence-corrected chi connectivity index (χ0v) is 13.1. The van der Waals surface area contributed by atoms with Gasteiger partial charge in [-0.3, -0.25) is 0 Å². The largest absolute Gasteiger partial charge is 0.316 e. The van der Waals surface area contributed by atoms with Crippen LogP contribution >= 0.6 is 0 Å². The minimum absolute atomic E-state index is 0.0253. The molecule has 20 heavy (non-hydrogen) atoms. The van der Waals surface area contributed by atoms with E-state index in [1.165, 1.54) is 44.1 Å². The van der Waals surface area contributed by atoms with Crippen molar-refractivity contribution in [2.75, 3.05) is 7.05 Å². The number of hydrogen-bond acceptors (Lipinski definition) is 1. The summed E-state index contributed by atoms with van der Waals surface area (Å²) in [5, 5.41) is 3.56. The molecule has 0 saturated heterocycles. The Balaban J connectivity index is 2.21. The molecular weight excluding hydrogens is 249 g/mol. The van der Waals surface area contributed by atoms with Crippen LogP contribution in [-0.2, 0) is 5.41 Å². The highest BCUT2D eigenvalue weighted by Gasteiger charge is 2.35. The van der Waals surface area contributed by atoms with Crippen LogP contribution in [0, 0.1) is 11.7 Å². The average molecular weight is 277 g/mol. The first-order chi connectivity index (χ1) is 9.55. The molecule has 0 heterocycles. The zero-order valence-electron chi connectivity index (χ0n) is 13.1. The summed E-state index contributed by atoms with van der Waals surface area (Å²) < 4.78 is 13.2. The third kappa shape index (κ3) is 3.41. The Labute approximate surface area is 123 Å². The molecule has 0 amide bonds. The number of benzene rings is 1. The summed E-state index contributed by atoms with van der Waals surface area (Å²) in [7, 11) is 2.07. The van der Waals surface area contributed by atoms with Crippen molar-refractivity contribution in [3.05, 3.63) is 35.6 Å². The van der Waals surface area contributed by atoms with Crippen LogP contribution in [-0.4, -0.2) is 13.1 Å². The molecule has 1 saturated carbocycles. The second-order valence-corrected chi connectivity index (χ2v) is 6.75. The monoisotopic (exact) mass is 277 g/mol. The van der Waals surface area contributed by atoms with E-state index in [4.69, 9.17) is 0 Å². The molecule has 0 radical (unpaired) electrons. The van der Waals surface area contributed by atoms with Gasteiger partial charge in [-0.15, -0.1) is 0 Å². The van der Waals surface area contributed by atoms with Gasteiger partial charge in [0.1, 0.15) is 5.82 Å². The molecule has 1 aromatic carbocycles. The lowest BCUT2D eigenvalue weighted by Gasteiger charge is -2.40. The lowest BCUT2D eigenvalue weighted by molar-refractivity contribution is 0.236. The highest BCUT2D eigenvalue weighted by atomic mass is 19.1. The van der Waals surface area contributed by atoms with Crippen LogP contribution in [0.5, 0.6) is 0 Å². The molecule has 1 N–H and O–H groups in total. The van der Waals surface area contributed by atoms with Crippen molar-refractivity contribution in [1.82, 2.24) is 5.32 Å². The standard InChI is InChI=1S/C18H28FN/c1-18(2,15-10-12-16(19)13-11-15)17(20-3)14-8-6-4-5-7-9-14/h10-14,17,20H,4-9H2,1-3H3. The highest BCUT2D eigenvalue weighted by Crippen LogP contribution is 2.36. The zero-order chi connectivity index (χ0) is 14.6. The Hall–Kier alpha value is -0.890. The summed E-state index contributed by atoms with van der Waals surface area (Å²) in [5.74, 6) is 0.572. The first-order valence-corrected chi connectivity index (χ1v) is 7.99. The van der Waals surface area contributed by atoms with E-state index in [-0.39, 0.29) is 11.2 Å². The van der Waals surface area contributed by atoms with Crippen LogP contribution in [0.3, 0.4) is 0 Å². The third-order valence-corrected chi connectivity index (χ3v) is 5.05. The number of halogens is 1. The molecule has 2 rings (SSSR count). The molecule has 112 valence electrons. The van der Waals surface area contributed by atoms with Crippen molar-refractivity contribution in [3.8, 4) is 0 Å². The van der Waals surface area contributed by atoms with Gasteiger partial charge in [0.15, 0.2) is 0 Å². The van der Waals surface area contributed by atoms with E-state index in [1.54, 1.807) is 12.1 Å². The molecule has 2 heteroatoms. The van der Waals surface area contributed by atoms with E-state index in [0.717, 1.165) is 5.92 Å². The Bertz CT molecular complexity index is 402. The molecule has 1 aliphatic carbocycles. The van der Waals surface area contributed by atoms with Crippen molar-refractivity contribution < 1.29 is 4.39 Å². The molecule has 0 aromatic heterocycles. The van der Waals surface area contributed by atoms with Crippen molar-refractivity contribution >= 4 is 0 Å². The summed E-state index contributed by atoms with van der Waals surface area (Å²) in [6.07, 6.45) is 8.09. The maximum absolute atomic E-state index is 13.2. The van der Waals surface area contributed by atoms with Crippen LogP contribution < -0.4 is 5.32 Å². The molecule has 1 aromatic rings. The molecule has 1 atom stereocenters. The predicted molar refractivity (Wildman–Crippen MR) is 83.5 cm³/mol. The van der Waals surface area contributed by atoms with Gasteiger partial charge < -0.3 is 5.32 Å². The SMILES string of the molecule is CNC(C1CCCCCC1)C(C)(C)c1ccc(F)cc1. The fourth-order valence-electron chi connectivity index (χ4n) is 3.89. The summed E-state index contributed by atoms with van der Waals surface area (Å²) >= 11 is 0. The Morgan fingerprint density at radius 1 is 1.05 bits per heavy atom. The topological polar surface area (TPSA) is 12.0 Å². The summed E-state index contributed by atoms with van der Waals surface area (Å²) in [4.78, 5) is 0. The lowest BCUT2D eigenvalue weighted by Crippen LogP contribution is -2.48. The van der Waals surface area contributed by atoms with Crippen molar-refractivity contribution in [3.63, 3.8) is 0 Å². The molecule has 1 aliphatic rings. The Kier molecular flexibility index (Phi) is 5.20. The van der Waals surface area contributed by atoms with Gasteiger partial charge >= 0.3 is 0 Å². The molecule has 1 unspecified atom stereocenters. The maximum atomic E-state index is 13.2. The highest BCUT2D eigenvalue weighted by molar-refractivity contribution is 5.27. The van der Waals surface area contributed by atoms with Crippen LogP contribution in [0.1, 0.15) is 57.9 Å². The van der Waals surface area contributed by atoms with Gasteiger partial charge in [0, 0.05) is 11.5 Å². The van der Waals surface area contributed by atoms with E-state index in [1.807, 2.05) is 12.1 Å². The normalized spacial score (nSPS) is 19.6. The van der Waals surface area contributed by atoms with Crippen molar-refractivity contribution in [1.29, 1.82) is 0 Å². The van der Waals surface area contributed by atoms with Gasteiger partial charge in [0.05, 0.1) is 0 Å². The first-order valence-electron chi connectivity index (χ1n) is 7.99. The van der Waals surface area contributed by atoms with Crippen molar-refractivity contribution in [2.45, 2.75) is 63.8 Å². The number of hydrogen-bond donors (Lipinski definition) is 1. The van der Waals surface area contributed by atoms with Gasteiger partial charge in [-0.05, 0) is 43.5 Å². The predicted octanol–water partition coefficient (Wildman–Crippen LogP) is 4.66. The molecule has 0 bridgehead atoms. The Morgan fingerprint density at radius 3 is 2.10 bits per heavy atom. The van der Waals surface area contributed by atoms with E-state index in [0.29, 0.717) is 6.04 Å². The minimum Gasteiger partial charge on any atom is -0.316 e. The fourth-order valence-corrected chi connectivity index (χ4v) is 3.89. The smallest absolute Gasteiger partial charge is 0.123 e. The van der Waals surface area contributed by atoms with E-state index >= 15 is 0 Å². The first kappa shape index (κ1) is 15.5. The molecule has 0 aliphatic heterocycles. The minimum atomic E-state index is -0.153. The third-order valence-electron chi connectivity index (χ3n) is 5.05. The fraction of sp³-hybridized carbons (Fsp3) is 0.667. The van der Waals surface area contributed by atoms with E-state index in [2.05, 4.69) is 26.2 Å². The van der Waals surface area contributed by atoms with E-state index < -0.39 is 0 Å². The summed E-state index contributed by atoms with van der Waals surface area (Å²) in [6.45, 7) is 4.57. The summed E-state index contributed by atoms with van der Waals surface area (Å²) in [5.41, 5.74) is 1.25. The van der Waals surface area contributed by atoms with Gasteiger partial charge in [-0.2, -0.15) is 0 Å². The van der Waals surface area contributed by atoms with Gasteiger partial charge in [-0.25, -0.2) is 4.39 Å². The van der Waals surface area contributed by atoms with Gasteiger partial charge in [0.25, 0.3) is 0 Å². The lowest BCUT2D eigenvalue weighted by atomic mass is 9.70. The molecule has 0 spiro atoms. The molecule has 1 fully saturated rings. The quantitative estimate of drug-likeness (QED) is 0.789. The average Bonchev–Trinajstić information content (AvgIpc) is 2.69. The summed E-state index contributed by atoms with van der Waals surface area (Å²) in [6, 6.07) is 7.49. The van der Waals surface area contributed by atoms with Crippen LogP contribution in [0.15, 0.2) is 24.3 Å².